The van der Waals surface area contributed by atoms with Gasteiger partial charge in [-0.3, -0.25) is 4.85 Å². The molecule has 1 aromatic rings. The maximum Gasteiger partial charge on any atom is 0.341 e. The zero-order valence-electron chi connectivity index (χ0n) is 6.88. The molecule has 1 atom stereocenters. The van der Waals surface area contributed by atoms with E-state index in [2.05, 4.69) is 9.37 Å². The van der Waals surface area contributed by atoms with Crippen molar-refractivity contribution in [2.24, 2.45) is 0 Å². The Hall–Kier alpha value is -1.23. The fourth-order valence-corrected chi connectivity index (χ4v) is 1.19. The largest absolute Gasteiger partial charge is 0.341 e. The summed E-state index contributed by atoms with van der Waals surface area (Å²) in [6, 6.07) is 9.51. The fraction of sp³-hybridized carbons (Fsp3) is 0.222. The van der Waals surface area contributed by atoms with E-state index in [-0.39, 0.29) is 0 Å². The van der Waals surface area contributed by atoms with E-state index in [0.29, 0.717) is 6.42 Å². The first-order valence-corrected chi connectivity index (χ1v) is 4.49. The van der Waals surface area contributed by atoms with E-state index >= 15 is 0 Å². The van der Waals surface area contributed by atoms with E-state index in [1.54, 1.807) is 0 Å². The Morgan fingerprint density at radius 2 is 2.15 bits per heavy atom. The molecule has 66 valence electrons. The van der Waals surface area contributed by atoms with Gasteiger partial charge in [-0.15, -0.1) is 0 Å². The monoisotopic (exact) mass is 193 g/mol. The van der Waals surface area contributed by atoms with Gasteiger partial charge < -0.3 is 0 Å². The lowest BCUT2D eigenvalue weighted by Crippen LogP contribution is -2.05. The van der Waals surface area contributed by atoms with Gasteiger partial charge in [0.05, 0.1) is 6.42 Å². The Bertz CT molecular complexity index is 307. The summed E-state index contributed by atoms with van der Waals surface area (Å²) in [6.45, 7) is 6.77. The van der Waals surface area contributed by atoms with Crippen LogP contribution in [0.5, 0.6) is 0 Å². The first kappa shape index (κ1) is 9.85. The van der Waals surface area contributed by atoms with Crippen LogP contribution in [0.15, 0.2) is 30.3 Å². The average molecular weight is 193 g/mol. The summed E-state index contributed by atoms with van der Waals surface area (Å²) >= 11 is 0. The molecule has 0 bridgehead atoms. The minimum Gasteiger partial charge on any atom is -0.282 e. The summed E-state index contributed by atoms with van der Waals surface area (Å²) in [5, 5.41) is 0. The minimum atomic E-state index is -0.651. The second-order valence-electron chi connectivity index (χ2n) is 2.45. The molecule has 0 heterocycles. The first-order valence-electron chi connectivity index (χ1n) is 3.76. The maximum atomic E-state index is 10.1. The highest BCUT2D eigenvalue weighted by Crippen LogP contribution is 2.11. The molecule has 3 nitrogen and oxygen atoms in total. The van der Waals surface area contributed by atoms with E-state index in [1.807, 2.05) is 30.3 Å². The fourth-order valence-electron chi connectivity index (χ4n) is 0.972. The Balaban J connectivity index is 2.58. The van der Waals surface area contributed by atoms with Crippen molar-refractivity contribution in [2.45, 2.75) is 12.6 Å². The van der Waals surface area contributed by atoms with E-state index < -0.39 is 14.9 Å². The molecule has 1 unspecified atom stereocenters. The number of rotatable bonds is 4. The molecule has 0 spiro atoms. The highest BCUT2D eigenvalue weighted by Gasteiger charge is 2.13. The molecule has 0 saturated heterocycles. The third kappa shape index (κ3) is 3.33. The van der Waals surface area contributed by atoms with Crippen LogP contribution in [0.1, 0.15) is 5.56 Å². The second kappa shape index (κ2) is 5.42. The molecule has 0 aliphatic carbocycles. The molecule has 0 aromatic heterocycles. The molecule has 0 aliphatic heterocycles. The van der Waals surface area contributed by atoms with Crippen LogP contribution in [-0.4, -0.2) is 6.23 Å². The van der Waals surface area contributed by atoms with Crippen molar-refractivity contribution >= 4 is 8.69 Å². The minimum absolute atomic E-state index is 0.439. The lowest BCUT2D eigenvalue weighted by atomic mass is 10.1. The SMILES string of the molecule is [C-]#[N+]C(Cc1ccccc1)OP=O. The van der Waals surface area contributed by atoms with Crippen molar-refractivity contribution in [3.8, 4) is 0 Å². The summed E-state index contributed by atoms with van der Waals surface area (Å²) in [5.74, 6) is 0. The molecular weight excluding hydrogens is 185 g/mol. The van der Waals surface area contributed by atoms with Crippen LogP contribution in [0, 0.1) is 6.57 Å². The molecule has 0 fully saturated rings. The lowest BCUT2D eigenvalue weighted by Gasteiger charge is -2.00. The summed E-state index contributed by atoms with van der Waals surface area (Å²) in [5.41, 5.74) is 1.01. The van der Waals surface area contributed by atoms with Gasteiger partial charge in [0.25, 0.3) is 0 Å². The predicted octanol–water partition coefficient (Wildman–Crippen LogP) is 2.70. The van der Waals surface area contributed by atoms with Crippen molar-refractivity contribution in [1.82, 2.24) is 0 Å². The molecule has 4 heteroatoms. The normalized spacial score (nSPS) is 12.2. The molecule has 0 radical (unpaired) electrons. The van der Waals surface area contributed by atoms with Gasteiger partial charge in [-0.25, -0.2) is 15.7 Å². The zero-order valence-corrected chi connectivity index (χ0v) is 7.78. The highest BCUT2D eigenvalue weighted by atomic mass is 31.1. The van der Waals surface area contributed by atoms with Gasteiger partial charge >= 0.3 is 14.9 Å². The molecular formula is C9H8NO2P. The number of nitrogens with zero attached hydrogens (tertiary/aromatic N) is 1. The number of benzene rings is 1. The van der Waals surface area contributed by atoms with Gasteiger partial charge in [-0.05, 0) is 5.56 Å². The molecule has 0 aliphatic rings. The lowest BCUT2D eigenvalue weighted by molar-refractivity contribution is 0.272. The molecule has 0 amide bonds. The predicted molar refractivity (Wildman–Crippen MR) is 49.2 cm³/mol. The molecule has 0 N–H and O–H groups in total. The van der Waals surface area contributed by atoms with Crippen LogP contribution in [0.4, 0.5) is 0 Å². The quantitative estimate of drug-likeness (QED) is 0.543. The van der Waals surface area contributed by atoms with Gasteiger partial charge in [0, 0.05) is 0 Å². The standard InChI is InChI=1S/C9H8NO2P/c1-10-9(12-13-11)7-8-5-3-2-4-6-8/h2-6,9H,7H2. The summed E-state index contributed by atoms with van der Waals surface area (Å²) < 4.78 is 14.8. The van der Waals surface area contributed by atoms with Gasteiger partial charge in [0.1, 0.15) is 0 Å². The van der Waals surface area contributed by atoms with Crippen LogP contribution in [-0.2, 0) is 15.5 Å². The molecule has 1 aromatic carbocycles. The molecule has 13 heavy (non-hydrogen) atoms. The molecule has 0 saturated carbocycles. The Kier molecular flexibility index (Phi) is 4.11. The van der Waals surface area contributed by atoms with Crippen molar-refractivity contribution in [3.05, 3.63) is 47.3 Å². The number of hydrogen-bond acceptors (Lipinski definition) is 2. The van der Waals surface area contributed by atoms with Crippen molar-refractivity contribution < 1.29 is 9.09 Å². The van der Waals surface area contributed by atoms with Crippen molar-refractivity contribution in [1.29, 1.82) is 0 Å². The topological polar surface area (TPSA) is 30.7 Å². The van der Waals surface area contributed by atoms with Gasteiger partial charge in [-0.1, -0.05) is 30.3 Å². The maximum absolute atomic E-state index is 10.1. The van der Waals surface area contributed by atoms with E-state index in [0.717, 1.165) is 5.56 Å². The second-order valence-corrected chi connectivity index (χ2v) is 2.81. The van der Waals surface area contributed by atoms with Crippen LogP contribution in [0.3, 0.4) is 0 Å². The van der Waals surface area contributed by atoms with Crippen LogP contribution in [0.25, 0.3) is 4.85 Å². The van der Waals surface area contributed by atoms with Gasteiger partial charge in [0.15, 0.2) is 0 Å². The van der Waals surface area contributed by atoms with E-state index in [1.165, 1.54) is 0 Å². The van der Waals surface area contributed by atoms with Crippen LogP contribution in [0.2, 0.25) is 0 Å². The Morgan fingerprint density at radius 3 is 2.69 bits per heavy atom. The van der Waals surface area contributed by atoms with Crippen molar-refractivity contribution in [2.75, 3.05) is 0 Å². The van der Waals surface area contributed by atoms with Gasteiger partial charge in [0.2, 0.25) is 0 Å². The van der Waals surface area contributed by atoms with E-state index in [9.17, 15) is 4.57 Å². The van der Waals surface area contributed by atoms with Gasteiger partial charge in [-0.2, -0.15) is 0 Å². The smallest absolute Gasteiger partial charge is 0.282 e. The summed E-state index contributed by atoms with van der Waals surface area (Å²) in [4.78, 5) is 3.19. The van der Waals surface area contributed by atoms with Crippen LogP contribution < -0.4 is 0 Å². The Labute approximate surface area is 78.4 Å². The number of hydrogen-bond donors (Lipinski definition) is 0. The third-order valence-electron chi connectivity index (χ3n) is 1.56. The zero-order chi connectivity index (χ0) is 9.52. The van der Waals surface area contributed by atoms with Crippen LogP contribution >= 0.6 is 8.69 Å². The highest BCUT2D eigenvalue weighted by molar-refractivity contribution is 7.17. The summed E-state index contributed by atoms with van der Waals surface area (Å²) in [7, 11) is -0.439. The third-order valence-corrected chi connectivity index (χ3v) is 1.89. The van der Waals surface area contributed by atoms with E-state index in [4.69, 9.17) is 6.57 Å². The summed E-state index contributed by atoms with van der Waals surface area (Å²) in [6.07, 6.45) is -0.180. The Morgan fingerprint density at radius 1 is 1.46 bits per heavy atom. The molecule has 1 rings (SSSR count). The van der Waals surface area contributed by atoms with Crippen molar-refractivity contribution in [3.63, 3.8) is 0 Å². The average Bonchev–Trinajstić information content (AvgIpc) is 2.19. The first-order chi connectivity index (χ1) is 6.36.